The zero-order chi connectivity index (χ0) is 22.0. The molecule has 13 nitrogen and oxygen atoms in total. The summed E-state index contributed by atoms with van der Waals surface area (Å²) < 4.78 is 9.72. The Morgan fingerprint density at radius 3 is 2.80 bits per heavy atom. The predicted octanol–water partition coefficient (Wildman–Crippen LogP) is -1.09. The summed E-state index contributed by atoms with van der Waals surface area (Å²) in [7, 11) is 1.22. The lowest BCUT2D eigenvalue weighted by Crippen LogP contribution is -2.71. The van der Waals surface area contributed by atoms with Gasteiger partial charge < -0.3 is 30.1 Å². The zero-order valence-corrected chi connectivity index (χ0v) is 16.6. The third-order valence-corrected chi connectivity index (χ3v) is 5.49. The third kappa shape index (κ3) is 3.94. The first-order valence-corrected chi connectivity index (χ1v) is 9.46. The number of carboxylic acid groups (broad SMARTS) is 1. The SMILES string of the molecule is CO/N=C(\C(=O)N[C@@H]1C(=O)N2C(C(=O)O)=C(COC(C)=O)CS[C@@H]12)c1coc(N)n1. The highest BCUT2D eigenvalue weighted by Gasteiger charge is 2.54. The van der Waals surface area contributed by atoms with Crippen LogP contribution >= 0.6 is 11.8 Å². The normalized spacial score (nSPS) is 20.9. The maximum absolute atomic E-state index is 12.6. The fourth-order valence-electron chi connectivity index (χ4n) is 2.88. The van der Waals surface area contributed by atoms with Gasteiger partial charge in [-0.15, -0.1) is 11.8 Å². The Morgan fingerprint density at radius 1 is 1.50 bits per heavy atom. The van der Waals surface area contributed by atoms with Crippen LogP contribution in [-0.4, -0.2) is 75.3 Å². The first-order valence-electron chi connectivity index (χ1n) is 8.41. The van der Waals surface area contributed by atoms with Crippen LogP contribution in [0.15, 0.2) is 27.1 Å². The molecule has 2 atom stereocenters. The van der Waals surface area contributed by atoms with Crippen LogP contribution in [0.2, 0.25) is 0 Å². The van der Waals surface area contributed by atoms with Crippen LogP contribution in [0.5, 0.6) is 0 Å². The molecule has 1 saturated heterocycles. The highest BCUT2D eigenvalue weighted by atomic mass is 32.2. The maximum Gasteiger partial charge on any atom is 0.352 e. The summed E-state index contributed by atoms with van der Waals surface area (Å²) in [5.74, 6) is -3.11. The summed E-state index contributed by atoms with van der Waals surface area (Å²) in [6.45, 7) is 0.956. The second-order valence-electron chi connectivity index (χ2n) is 6.09. The fraction of sp³-hybridized carbons (Fsp3) is 0.375. The van der Waals surface area contributed by atoms with E-state index in [2.05, 4.69) is 20.3 Å². The molecule has 0 aromatic carbocycles. The Morgan fingerprint density at radius 2 is 2.23 bits per heavy atom. The summed E-state index contributed by atoms with van der Waals surface area (Å²) in [5, 5.41) is 15.0. The smallest absolute Gasteiger partial charge is 0.352 e. The Hall–Kier alpha value is -3.55. The molecule has 1 fully saturated rings. The number of aromatic nitrogens is 1. The lowest BCUT2D eigenvalue weighted by Gasteiger charge is -2.49. The van der Waals surface area contributed by atoms with Crippen molar-refractivity contribution in [2.45, 2.75) is 18.3 Å². The number of hydrogen-bond donors (Lipinski definition) is 3. The van der Waals surface area contributed by atoms with Crippen molar-refractivity contribution in [1.29, 1.82) is 0 Å². The molecule has 2 aliphatic heterocycles. The standard InChI is InChI=1S/C16H17N5O8S/c1-6(22)28-3-7-5-30-14-10(13(24)21(14)11(7)15(25)26)19-12(23)9(20-27-2)8-4-29-16(17)18-8/h4,10,14H,3,5H2,1-2H3,(H2,17,18)(H,19,23)(H,25,26)/b20-9-/t10-,14+/m1/s1. The van der Waals surface area contributed by atoms with Gasteiger partial charge in [-0.3, -0.25) is 19.3 Å². The molecule has 2 aliphatic rings. The quantitative estimate of drug-likeness (QED) is 0.203. The van der Waals surface area contributed by atoms with E-state index in [1.807, 2.05) is 0 Å². The molecule has 14 heteroatoms. The number of oxazole rings is 1. The van der Waals surface area contributed by atoms with Crippen molar-refractivity contribution in [3.8, 4) is 0 Å². The van der Waals surface area contributed by atoms with Crippen LogP contribution in [0.4, 0.5) is 6.01 Å². The molecule has 4 N–H and O–H groups in total. The second-order valence-corrected chi connectivity index (χ2v) is 7.20. The first-order chi connectivity index (χ1) is 14.2. The molecule has 0 unspecified atom stereocenters. The van der Waals surface area contributed by atoms with Crippen LogP contribution in [0.3, 0.4) is 0 Å². The van der Waals surface area contributed by atoms with Gasteiger partial charge in [-0.25, -0.2) is 4.79 Å². The van der Waals surface area contributed by atoms with Crippen LogP contribution in [0.25, 0.3) is 0 Å². The predicted molar refractivity (Wildman–Crippen MR) is 101 cm³/mol. The number of amides is 2. The van der Waals surface area contributed by atoms with Gasteiger partial charge in [0.15, 0.2) is 5.71 Å². The molecule has 0 spiro atoms. The second kappa shape index (κ2) is 8.44. The number of oxime groups is 1. The molecular weight excluding hydrogens is 422 g/mol. The topological polar surface area (TPSA) is 187 Å². The molecule has 160 valence electrons. The molecule has 2 amide bonds. The van der Waals surface area contributed by atoms with Crippen molar-refractivity contribution in [2.24, 2.45) is 5.16 Å². The molecule has 3 heterocycles. The van der Waals surface area contributed by atoms with E-state index in [9.17, 15) is 24.3 Å². The van der Waals surface area contributed by atoms with E-state index < -0.39 is 35.2 Å². The number of ether oxygens (including phenoxy) is 1. The highest BCUT2D eigenvalue weighted by Crippen LogP contribution is 2.40. The maximum atomic E-state index is 12.6. The van der Waals surface area contributed by atoms with Crippen molar-refractivity contribution >= 4 is 47.2 Å². The molecule has 1 aromatic rings. The van der Waals surface area contributed by atoms with E-state index in [0.717, 1.165) is 11.2 Å². The Bertz CT molecular complexity index is 971. The third-order valence-electron chi connectivity index (χ3n) is 4.15. The lowest BCUT2D eigenvalue weighted by molar-refractivity contribution is -0.150. The number of fused-ring (bicyclic) bond motifs is 1. The number of anilines is 1. The fourth-order valence-corrected chi connectivity index (χ4v) is 4.21. The van der Waals surface area contributed by atoms with Gasteiger partial charge in [-0.1, -0.05) is 5.16 Å². The average molecular weight is 439 g/mol. The lowest BCUT2D eigenvalue weighted by atomic mass is 10.0. The Labute approximate surface area is 173 Å². The molecule has 0 radical (unpaired) electrons. The molecule has 1 aromatic heterocycles. The van der Waals surface area contributed by atoms with Crippen molar-refractivity contribution in [3.05, 3.63) is 23.2 Å². The van der Waals surface area contributed by atoms with Gasteiger partial charge in [0.2, 0.25) is 0 Å². The Balaban J connectivity index is 1.77. The average Bonchev–Trinajstić information content (AvgIpc) is 3.13. The van der Waals surface area contributed by atoms with Crippen LogP contribution in [0.1, 0.15) is 12.6 Å². The number of nitrogens with zero attached hydrogens (tertiary/aromatic N) is 3. The minimum absolute atomic E-state index is 0.00145. The van der Waals surface area contributed by atoms with Crippen molar-refractivity contribution in [3.63, 3.8) is 0 Å². The number of β-lactam (4-membered cyclic amide) rings is 1. The largest absolute Gasteiger partial charge is 0.477 e. The van der Waals surface area contributed by atoms with Gasteiger partial charge in [0.1, 0.15) is 42.8 Å². The number of esters is 1. The number of rotatable bonds is 7. The van der Waals surface area contributed by atoms with Gasteiger partial charge in [0.05, 0.1) is 0 Å². The molecule has 0 saturated carbocycles. The Kier molecular flexibility index (Phi) is 5.96. The first kappa shape index (κ1) is 21.2. The number of thioether (sulfide) groups is 1. The molecule has 0 aliphatic carbocycles. The van der Waals surface area contributed by atoms with Crippen molar-refractivity contribution < 1.29 is 38.3 Å². The number of nitrogens with one attached hydrogen (secondary N) is 1. The number of hydrogen-bond acceptors (Lipinski definition) is 11. The van der Waals surface area contributed by atoms with E-state index in [1.165, 1.54) is 25.8 Å². The number of aliphatic carboxylic acids is 1. The van der Waals surface area contributed by atoms with Gasteiger partial charge in [0, 0.05) is 18.2 Å². The number of nitrogen functional groups attached to an aromatic ring is 1. The van der Waals surface area contributed by atoms with Crippen LogP contribution in [0, 0.1) is 0 Å². The number of carbonyl (C=O) groups is 4. The van der Waals surface area contributed by atoms with E-state index in [1.54, 1.807) is 0 Å². The summed E-state index contributed by atoms with van der Waals surface area (Å²) in [6, 6.07) is -1.19. The van der Waals surface area contributed by atoms with Gasteiger partial charge in [-0.05, 0) is 0 Å². The van der Waals surface area contributed by atoms with Gasteiger partial charge >= 0.3 is 11.9 Å². The molecular formula is C16H17N5O8S. The van der Waals surface area contributed by atoms with E-state index in [4.69, 9.17) is 14.9 Å². The summed E-state index contributed by atoms with van der Waals surface area (Å²) in [6.07, 6.45) is 1.10. The highest BCUT2D eigenvalue weighted by molar-refractivity contribution is 8.00. The summed E-state index contributed by atoms with van der Waals surface area (Å²) in [5.41, 5.74) is 5.16. The van der Waals surface area contributed by atoms with E-state index >= 15 is 0 Å². The molecule has 0 bridgehead atoms. The van der Waals surface area contributed by atoms with E-state index in [0.29, 0.717) is 0 Å². The van der Waals surface area contributed by atoms with E-state index in [-0.39, 0.29) is 41.1 Å². The van der Waals surface area contributed by atoms with Crippen LogP contribution in [-0.2, 0) is 28.8 Å². The number of carbonyl (C=O) groups excluding carboxylic acids is 3. The minimum Gasteiger partial charge on any atom is -0.477 e. The van der Waals surface area contributed by atoms with Gasteiger partial charge in [-0.2, -0.15) is 4.98 Å². The zero-order valence-electron chi connectivity index (χ0n) is 15.8. The number of nitrogens with two attached hydrogens (primary N) is 1. The summed E-state index contributed by atoms with van der Waals surface area (Å²) >= 11 is 1.23. The van der Waals surface area contributed by atoms with Crippen LogP contribution < -0.4 is 11.1 Å². The van der Waals surface area contributed by atoms with Crippen molar-refractivity contribution in [2.75, 3.05) is 25.2 Å². The number of carboxylic acids is 1. The minimum atomic E-state index is -1.33. The molecule has 3 rings (SSSR count). The van der Waals surface area contributed by atoms with Gasteiger partial charge in [0.25, 0.3) is 17.8 Å². The monoisotopic (exact) mass is 439 g/mol. The molecule has 30 heavy (non-hydrogen) atoms. The van der Waals surface area contributed by atoms with Crippen molar-refractivity contribution in [1.82, 2.24) is 15.2 Å². The summed E-state index contributed by atoms with van der Waals surface area (Å²) in [4.78, 5) is 57.5.